The van der Waals surface area contributed by atoms with Crippen molar-refractivity contribution in [2.45, 2.75) is 19.0 Å². The molecule has 0 radical (unpaired) electrons. The lowest BCUT2D eigenvalue weighted by molar-refractivity contribution is 0.565. The maximum absolute atomic E-state index is 5.33. The van der Waals surface area contributed by atoms with E-state index in [1.807, 2.05) is 0 Å². The molecule has 0 unspecified atom stereocenters. The van der Waals surface area contributed by atoms with Gasteiger partial charge in [0.1, 0.15) is 0 Å². The number of nitrogens with two attached hydrogens (primary N) is 3. The number of hydrogen-bond donors (Lipinski definition) is 4. The average Bonchev–Trinajstić information content (AvgIpc) is 1.87. The van der Waals surface area contributed by atoms with Crippen molar-refractivity contribution in [3.05, 3.63) is 0 Å². The Morgan fingerprint density at radius 1 is 1.20 bits per heavy atom. The molecule has 0 aliphatic rings. The maximum atomic E-state index is 5.33. The van der Waals surface area contributed by atoms with Crippen LogP contribution in [0.1, 0.15) is 12.8 Å². The van der Waals surface area contributed by atoms with E-state index in [0.29, 0.717) is 6.54 Å². The zero-order chi connectivity index (χ0) is 7.82. The molecule has 0 aliphatic heterocycles. The molecule has 0 aromatic carbocycles. The summed E-state index contributed by atoms with van der Waals surface area (Å²) in [4.78, 5) is 0. The second-order valence-corrected chi connectivity index (χ2v) is 2.34. The van der Waals surface area contributed by atoms with Crippen molar-refractivity contribution in [2.24, 2.45) is 17.2 Å². The van der Waals surface area contributed by atoms with Gasteiger partial charge in [0.15, 0.2) is 0 Å². The minimum atomic E-state index is -0.167. The van der Waals surface area contributed by atoms with Crippen LogP contribution >= 0.6 is 0 Å². The highest BCUT2D eigenvalue weighted by atomic mass is 14.9. The van der Waals surface area contributed by atoms with Crippen LogP contribution in [0, 0.1) is 0 Å². The Morgan fingerprint density at radius 3 is 2.40 bits per heavy atom. The summed E-state index contributed by atoms with van der Waals surface area (Å²) < 4.78 is 0. The van der Waals surface area contributed by atoms with Gasteiger partial charge < -0.3 is 22.5 Å². The summed E-state index contributed by atoms with van der Waals surface area (Å²) >= 11 is 0. The first-order valence-electron chi connectivity index (χ1n) is 3.69. The van der Waals surface area contributed by atoms with Gasteiger partial charge in [-0.3, -0.25) is 0 Å². The van der Waals surface area contributed by atoms with Gasteiger partial charge in [0.05, 0.1) is 6.17 Å². The lowest BCUT2D eigenvalue weighted by Gasteiger charge is -2.04. The topological polar surface area (TPSA) is 90.1 Å². The van der Waals surface area contributed by atoms with Crippen molar-refractivity contribution in [2.75, 3.05) is 19.6 Å². The Kier molecular flexibility index (Phi) is 6.84. The van der Waals surface area contributed by atoms with Crippen LogP contribution < -0.4 is 22.5 Å². The smallest absolute Gasteiger partial charge is 0.0521 e. The van der Waals surface area contributed by atoms with Crippen LogP contribution in [-0.4, -0.2) is 25.8 Å². The Balaban J connectivity index is 2.77. The van der Waals surface area contributed by atoms with Crippen LogP contribution in [0.3, 0.4) is 0 Å². The Bertz CT molecular complexity index is 64.8. The average molecular weight is 146 g/mol. The Morgan fingerprint density at radius 2 is 1.90 bits per heavy atom. The van der Waals surface area contributed by atoms with Crippen LogP contribution in [0.2, 0.25) is 0 Å². The first kappa shape index (κ1) is 9.84. The summed E-state index contributed by atoms with van der Waals surface area (Å²) in [5.41, 5.74) is 15.9. The highest BCUT2D eigenvalue weighted by Gasteiger charge is 1.92. The summed E-state index contributed by atoms with van der Waals surface area (Å²) in [6, 6.07) is 0. The van der Waals surface area contributed by atoms with E-state index >= 15 is 0 Å². The molecular formula is C6H18N4. The number of hydrogen-bond acceptors (Lipinski definition) is 4. The predicted molar refractivity (Wildman–Crippen MR) is 43.3 cm³/mol. The summed E-state index contributed by atoms with van der Waals surface area (Å²) in [5, 5.41) is 3.15. The molecule has 0 heterocycles. The maximum Gasteiger partial charge on any atom is 0.0521 e. The van der Waals surface area contributed by atoms with E-state index in [1.54, 1.807) is 0 Å². The first-order chi connectivity index (χ1) is 4.77. The van der Waals surface area contributed by atoms with E-state index in [1.165, 1.54) is 0 Å². The molecule has 0 atom stereocenters. The standard InChI is InChI=1S/C6H18N4/c7-3-5-10-4-1-2-6(8)9/h6,10H,1-5,7-9H2. The highest BCUT2D eigenvalue weighted by molar-refractivity contribution is 4.53. The molecule has 0 amide bonds. The Labute approximate surface area is 62.1 Å². The predicted octanol–water partition coefficient (Wildman–Crippen LogP) is -1.44. The van der Waals surface area contributed by atoms with Crippen LogP contribution in [-0.2, 0) is 0 Å². The molecule has 0 aromatic rings. The zero-order valence-electron chi connectivity index (χ0n) is 6.34. The van der Waals surface area contributed by atoms with E-state index in [0.717, 1.165) is 25.9 Å². The minimum Gasteiger partial charge on any atom is -0.329 e. The fraction of sp³-hybridized carbons (Fsp3) is 1.00. The van der Waals surface area contributed by atoms with Crippen molar-refractivity contribution in [3.63, 3.8) is 0 Å². The van der Waals surface area contributed by atoms with Crippen molar-refractivity contribution in [1.82, 2.24) is 5.32 Å². The van der Waals surface area contributed by atoms with Crippen LogP contribution in [0.5, 0.6) is 0 Å². The summed E-state index contributed by atoms with van der Waals surface area (Å²) in [6.45, 7) is 2.52. The van der Waals surface area contributed by atoms with Crippen molar-refractivity contribution >= 4 is 0 Å². The summed E-state index contributed by atoms with van der Waals surface area (Å²) in [5.74, 6) is 0. The van der Waals surface area contributed by atoms with E-state index < -0.39 is 0 Å². The molecule has 0 rings (SSSR count). The number of nitrogens with one attached hydrogen (secondary N) is 1. The molecule has 0 bridgehead atoms. The van der Waals surface area contributed by atoms with Gasteiger partial charge in [0.25, 0.3) is 0 Å². The first-order valence-corrected chi connectivity index (χ1v) is 3.69. The second-order valence-electron chi connectivity index (χ2n) is 2.34. The minimum absolute atomic E-state index is 0.167. The third-order valence-electron chi connectivity index (χ3n) is 1.21. The fourth-order valence-corrected chi connectivity index (χ4v) is 0.690. The quantitative estimate of drug-likeness (QED) is 0.273. The van der Waals surface area contributed by atoms with Crippen LogP contribution in [0.4, 0.5) is 0 Å². The molecular weight excluding hydrogens is 128 g/mol. The molecule has 4 heteroatoms. The largest absolute Gasteiger partial charge is 0.329 e. The molecule has 0 spiro atoms. The van der Waals surface area contributed by atoms with Gasteiger partial charge in [-0.05, 0) is 19.4 Å². The van der Waals surface area contributed by atoms with E-state index in [4.69, 9.17) is 17.2 Å². The highest BCUT2D eigenvalue weighted by Crippen LogP contribution is 1.85. The SMILES string of the molecule is NCCNCCCC(N)N. The van der Waals surface area contributed by atoms with Gasteiger partial charge in [-0.2, -0.15) is 0 Å². The van der Waals surface area contributed by atoms with Crippen LogP contribution in [0.25, 0.3) is 0 Å². The molecule has 10 heavy (non-hydrogen) atoms. The van der Waals surface area contributed by atoms with E-state index in [2.05, 4.69) is 5.32 Å². The molecule has 0 aliphatic carbocycles. The molecule has 0 fully saturated rings. The molecule has 4 nitrogen and oxygen atoms in total. The molecule has 62 valence electrons. The van der Waals surface area contributed by atoms with Gasteiger partial charge >= 0.3 is 0 Å². The van der Waals surface area contributed by atoms with Gasteiger partial charge in [-0.15, -0.1) is 0 Å². The third kappa shape index (κ3) is 7.84. The van der Waals surface area contributed by atoms with Gasteiger partial charge in [0, 0.05) is 13.1 Å². The second kappa shape index (κ2) is 6.95. The molecule has 7 N–H and O–H groups in total. The van der Waals surface area contributed by atoms with E-state index in [-0.39, 0.29) is 6.17 Å². The van der Waals surface area contributed by atoms with Crippen molar-refractivity contribution in [3.8, 4) is 0 Å². The monoisotopic (exact) mass is 146 g/mol. The normalized spacial score (nSPS) is 10.8. The van der Waals surface area contributed by atoms with Gasteiger partial charge in [-0.25, -0.2) is 0 Å². The summed E-state index contributed by atoms with van der Waals surface area (Å²) in [6.07, 6.45) is 1.73. The lowest BCUT2D eigenvalue weighted by atomic mass is 10.2. The van der Waals surface area contributed by atoms with Crippen LogP contribution in [0.15, 0.2) is 0 Å². The zero-order valence-corrected chi connectivity index (χ0v) is 6.34. The van der Waals surface area contributed by atoms with E-state index in [9.17, 15) is 0 Å². The molecule has 0 saturated carbocycles. The lowest BCUT2D eigenvalue weighted by Crippen LogP contribution is -2.31. The molecule has 0 aromatic heterocycles. The fourth-order valence-electron chi connectivity index (χ4n) is 0.690. The van der Waals surface area contributed by atoms with Crippen molar-refractivity contribution < 1.29 is 0 Å². The Hall–Kier alpha value is -0.160. The summed E-state index contributed by atoms with van der Waals surface area (Å²) in [7, 11) is 0. The van der Waals surface area contributed by atoms with Crippen molar-refractivity contribution in [1.29, 1.82) is 0 Å². The van der Waals surface area contributed by atoms with Gasteiger partial charge in [-0.1, -0.05) is 0 Å². The third-order valence-corrected chi connectivity index (χ3v) is 1.21. The van der Waals surface area contributed by atoms with Gasteiger partial charge in [0.2, 0.25) is 0 Å². The number of rotatable bonds is 6. The molecule has 0 saturated heterocycles.